The quantitative estimate of drug-likeness (QED) is 0.725. The van der Waals surface area contributed by atoms with Gasteiger partial charge in [-0.05, 0) is 36.8 Å². The van der Waals surface area contributed by atoms with Crippen molar-refractivity contribution in [3.05, 3.63) is 57.6 Å². The molecule has 0 fully saturated rings. The van der Waals surface area contributed by atoms with Crippen molar-refractivity contribution < 1.29 is 24.2 Å². The zero-order valence-electron chi connectivity index (χ0n) is 14.1. The first-order valence-electron chi connectivity index (χ1n) is 7.60. The van der Waals surface area contributed by atoms with Crippen LogP contribution >= 0.6 is 23.2 Å². The van der Waals surface area contributed by atoms with Crippen molar-refractivity contribution >= 4 is 35.1 Å². The normalized spacial score (nSPS) is 11.5. The summed E-state index contributed by atoms with van der Waals surface area (Å²) in [4.78, 5) is 23.9. The van der Waals surface area contributed by atoms with E-state index in [2.05, 4.69) is 5.32 Å². The Balaban J connectivity index is 1.91. The lowest BCUT2D eigenvalue weighted by molar-refractivity contribution is -0.124. The van der Waals surface area contributed by atoms with Crippen molar-refractivity contribution in [3.63, 3.8) is 0 Å². The monoisotopic (exact) mass is 397 g/mol. The summed E-state index contributed by atoms with van der Waals surface area (Å²) in [6.45, 7) is 1.27. The summed E-state index contributed by atoms with van der Waals surface area (Å²) in [6.07, 6.45) is 0. The predicted octanol–water partition coefficient (Wildman–Crippen LogP) is 3.74. The molecule has 2 rings (SSSR count). The number of phenolic OH excluding ortho intramolecular Hbond substituents is 1. The van der Waals surface area contributed by atoms with Crippen LogP contribution in [0.2, 0.25) is 10.0 Å². The second-order valence-corrected chi connectivity index (χ2v) is 6.24. The minimum absolute atomic E-state index is 0.0591. The summed E-state index contributed by atoms with van der Waals surface area (Å²) in [5.74, 6) is -1.21. The van der Waals surface area contributed by atoms with Gasteiger partial charge in [-0.25, -0.2) is 4.79 Å². The van der Waals surface area contributed by atoms with Gasteiger partial charge in [-0.3, -0.25) is 4.79 Å². The number of carbonyl (C=O) groups excluding carboxylic acids is 2. The first-order chi connectivity index (χ1) is 12.3. The van der Waals surface area contributed by atoms with Gasteiger partial charge in [0, 0.05) is 6.07 Å². The molecule has 1 amide bonds. The minimum atomic E-state index is -0.817. The van der Waals surface area contributed by atoms with Gasteiger partial charge in [0.1, 0.15) is 17.1 Å². The Bertz CT molecular complexity index is 825. The molecule has 1 atom stereocenters. The molecule has 2 aromatic carbocycles. The van der Waals surface area contributed by atoms with Crippen LogP contribution in [0.3, 0.4) is 0 Å². The molecule has 0 saturated heterocycles. The first-order valence-corrected chi connectivity index (χ1v) is 8.36. The van der Waals surface area contributed by atoms with Crippen LogP contribution in [0.1, 0.15) is 28.9 Å². The number of hydrogen-bond acceptors (Lipinski definition) is 5. The van der Waals surface area contributed by atoms with Crippen molar-refractivity contribution in [2.75, 3.05) is 13.7 Å². The molecule has 26 heavy (non-hydrogen) atoms. The maximum Gasteiger partial charge on any atom is 0.342 e. The molecule has 0 unspecified atom stereocenters. The van der Waals surface area contributed by atoms with Gasteiger partial charge >= 0.3 is 5.97 Å². The fraction of sp³-hybridized carbons (Fsp3) is 0.222. The molecular weight excluding hydrogens is 381 g/mol. The van der Waals surface area contributed by atoms with Crippen molar-refractivity contribution in [2.24, 2.45) is 0 Å². The summed E-state index contributed by atoms with van der Waals surface area (Å²) >= 11 is 11.8. The highest BCUT2D eigenvalue weighted by Gasteiger charge is 2.16. The molecule has 0 spiro atoms. The molecule has 8 heteroatoms. The number of esters is 1. The molecule has 2 aromatic rings. The average Bonchev–Trinajstić information content (AvgIpc) is 2.61. The van der Waals surface area contributed by atoms with Crippen molar-refractivity contribution in [3.8, 4) is 11.5 Å². The van der Waals surface area contributed by atoms with E-state index in [1.165, 1.54) is 25.3 Å². The van der Waals surface area contributed by atoms with Gasteiger partial charge < -0.3 is 19.9 Å². The highest BCUT2D eigenvalue weighted by molar-refractivity contribution is 6.42. The van der Waals surface area contributed by atoms with Crippen LogP contribution in [-0.4, -0.2) is 30.7 Å². The first kappa shape index (κ1) is 19.9. The second kappa shape index (κ2) is 8.78. The lowest BCUT2D eigenvalue weighted by Gasteiger charge is -2.15. The van der Waals surface area contributed by atoms with Gasteiger partial charge in [-0.15, -0.1) is 0 Å². The maximum atomic E-state index is 12.0. The van der Waals surface area contributed by atoms with Crippen LogP contribution in [0.25, 0.3) is 0 Å². The molecular formula is C18H17Cl2NO5. The smallest absolute Gasteiger partial charge is 0.342 e. The van der Waals surface area contributed by atoms with E-state index in [1.54, 1.807) is 25.1 Å². The van der Waals surface area contributed by atoms with Crippen LogP contribution < -0.4 is 10.1 Å². The van der Waals surface area contributed by atoms with Crippen LogP contribution in [0.4, 0.5) is 0 Å². The van der Waals surface area contributed by atoms with E-state index in [4.69, 9.17) is 32.7 Å². The van der Waals surface area contributed by atoms with Gasteiger partial charge in [0.2, 0.25) is 0 Å². The van der Waals surface area contributed by atoms with E-state index in [1.807, 2.05) is 0 Å². The maximum absolute atomic E-state index is 12.0. The van der Waals surface area contributed by atoms with E-state index in [9.17, 15) is 14.7 Å². The van der Waals surface area contributed by atoms with Gasteiger partial charge in [-0.2, -0.15) is 0 Å². The summed E-state index contributed by atoms with van der Waals surface area (Å²) in [5.41, 5.74) is 0.697. The van der Waals surface area contributed by atoms with Crippen LogP contribution in [0, 0.1) is 0 Å². The molecule has 2 N–H and O–H groups in total. The molecule has 0 aliphatic heterocycles. The van der Waals surface area contributed by atoms with Crippen LogP contribution in [0.15, 0.2) is 36.4 Å². The topological polar surface area (TPSA) is 84.9 Å². The number of amides is 1. The summed E-state index contributed by atoms with van der Waals surface area (Å²) < 4.78 is 9.86. The number of ether oxygens (including phenoxy) is 2. The Morgan fingerprint density at radius 3 is 2.50 bits per heavy atom. The average molecular weight is 398 g/mol. The molecule has 0 radical (unpaired) electrons. The molecule has 6 nitrogen and oxygen atoms in total. The Morgan fingerprint density at radius 2 is 1.88 bits per heavy atom. The van der Waals surface area contributed by atoms with Gasteiger partial charge in [0.25, 0.3) is 5.91 Å². The number of hydrogen-bond donors (Lipinski definition) is 2. The third-order valence-corrected chi connectivity index (χ3v) is 4.32. The van der Waals surface area contributed by atoms with Gasteiger partial charge in [-0.1, -0.05) is 29.3 Å². The van der Waals surface area contributed by atoms with Crippen LogP contribution in [0.5, 0.6) is 11.5 Å². The molecule has 0 saturated carbocycles. The SMILES string of the molecule is COc1ccc(C(=O)OCC(=O)N[C@H](C)c2ccc(Cl)c(Cl)c2)c(O)c1. The van der Waals surface area contributed by atoms with E-state index < -0.39 is 18.5 Å². The number of phenols is 1. The largest absolute Gasteiger partial charge is 0.507 e. The predicted molar refractivity (Wildman–Crippen MR) is 98.0 cm³/mol. The highest BCUT2D eigenvalue weighted by Crippen LogP contribution is 2.26. The lowest BCUT2D eigenvalue weighted by Crippen LogP contribution is -2.31. The summed E-state index contributed by atoms with van der Waals surface area (Å²) in [7, 11) is 1.44. The Morgan fingerprint density at radius 1 is 1.15 bits per heavy atom. The zero-order chi connectivity index (χ0) is 19.3. The number of halogens is 2. The standard InChI is InChI=1S/C18H17Cl2NO5/c1-10(11-3-6-14(19)15(20)7-11)21-17(23)9-26-18(24)13-5-4-12(25-2)8-16(13)22/h3-8,10,22H,9H2,1-2H3,(H,21,23)/t10-/m1/s1. The summed E-state index contributed by atoms with van der Waals surface area (Å²) in [6, 6.07) is 8.80. The lowest BCUT2D eigenvalue weighted by atomic mass is 10.1. The number of benzene rings is 2. The zero-order valence-corrected chi connectivity index (χ0v) is 15.6. The third-order valence-electron chi connectivity index (χ3n) is 3.58. The summed E-state index contributed by atoms with van der Waals surface area (Å²) in [5, 5.41) is 13.3. The van der Waals surface area contributed by atoms with E-state index in [0.717, 1.165) is 5.56 Å². The minimum Gasteiger partial charge on any atom is -0.507 e. The van der Waals surface area contributed by atoms with Crippen LogP contribution in [-0.2, 0) is 9.53 Å². The van der Waals surface area contributed by atoms with Crippen molar-refractivity contribution in [1.29, 1.82) is 0 Å². The highest BCUT2D eigenvalue weighted by atomic mass is 35.5. The molecule has 0 aliphatic rings. The Hall–Kier alpha value is -2.44. The molecule has 0 aliphatic carbocycles. The number of nitrogens with one attached hydrogen (secondary N) is 1. The molecule has 0 bridgehead atoms. The number of aromatic hydroxyl groups is 1. The molecule has 0 aromatic heterocycles. The number of carbonyl (C=O) groups is 2. The molecule has 138 valence electrons. The molecule has 0 heterocycles. The Kier molecular flexibility index (Phi) is 6.71. The number of methoxy groups -OCH3 is 1. The third kappa shape index (κ3) is 5.03. The van der Waals surface area contributed by atoms with Crippen molar-refractivity contribution in [2.45, 2.75) is 13.0 Å². The number of rotatable bonds is 6. The fourth-order valence-electron chi connectivity index (χ4n) is 2.17. The van der Waals surface area contributed by atoms with E-state index in [0.29, 0.717) is 15.8 Å². The van der Waals surface area contributed by atoms with E-state index >= 15 is 0 Å². The van der Waals surface area contributed by atoms with Gasteiger partial charge in [0.05, 0.1) is 23.2 Å². The Labute approximate surface area is 160 Å². The fourth-order valence-corrected chi connectivity index (χ4v) is 2.47. The second-order valence-electron chi connectivity index (χ2n) is 5.42. The van der Waals surface area contributed by atoms with Crippen molar-refractivity contribution in [1.82, 2.24) is 5.32 Å². The van der Waals surface area contributed by atoms with E-state index in [-0.39, 0.29) is 17.4 Å². The van der Waals surface area contributed by atoms with Gasteiger partial charge in [0.15, 0.2) is 6.61 Å².